The molecular formula is C35H32N6O6. The second-order valence-electron chi connectivity index (χ2n) is 11.0. The summed E-state index contributed by atoms with van der Waals surface area (Å²) in [5.74, 6) is 7.24. The Balaban J connectivity index is 1.01. The molecule has 0 radical (unpaired) electrons. The summed E-state index contributed by atoms with van der Waals surface area (Å²) in [4.78, 5) is 42.4. The number of benzene rings is 3. The number of carbonyl (C=O) groups is 2. The number of carbonyl (C=O) groups excluding carboxylic acids is 2. The lowest BCUT2D eigenvalue weighted by Gasteiger charge is -2.29. The zero-order valence-electron chi connectivity index (χ0n) is 25.5. The van der Waals surface area contributed by atoms with Crippen LogP contribution in [0.25, 0.3) is 0 Å². The van der Waals surface area contributed by atoms with Gasteiger partial charge in [0.2, 0.25) is 5.95 Å². The standard InChI is InChI=1S/C35H32N6O6/c42-33(40-14-17-44-18-15-40)28-11-12-29(32-31(28)45-19-20-46-32)39-34-36-22-25(23-37-34)10-9-24-5-4-8-27(21-24)38-35(43)41-30(13-16-47-41)26-6-2-1-3-7-26/h1-8,11-12,21-23,30H,13-20H2,(H,38,43)(H,36,37,39)/t30-/m0/s1. The van der Waals surface area contributed by atoms with Crippen molar-refractivity contribution >= 4 is 29.3 Å². The van der Waals surface area contributed by atoms with Gasteiger partial charge < -0.3 is 29.7 Å². The van der Waals surface area contributed by atoms with Crippen LogP contribution in [0.2, 0.25) is 0 Å². The number of hydrogen-bond acceptors (Lipinski definition) is 9. The maximum absolute atomic E-state index is 13.2. The second-order valence-corrected chi connectivity index (χ2v) is 11.0. The monoisotopic (exact) mass is 632 g/mol. The number of fused-ring (bicyclic) bond motifs is 1. The van der Waals surface area contributed by atoms with Crippen LogP contribution >= 0.6 is 0 Å². The highest BCUT2D eigenvalue weighted by molar-refractivity contribution is 5.99. The van der Waals surface area contributed by atoms with Crippen molar-refractivity contribution in [2.24, 2.45) is 0 Å². The molecule has 3 amide bonds. The number of morpholine rings is 1. The molecular weight excluding hydrogens is 600 g/mol. The number of ether oxygens (including phenoxy) is 3. The van der Waals surface area contributed by atoms with Gasteiger partial charge in [0.25, 0.3) is 5.91 Å². The van der Waals surface area contributed by atoms with Gasteiger partial charge in [0.1, 0.15) is 13.2 Å². The van der Waals surface area contributed by atoms with Crippen molar-refractivity contribution in [3.05, 3.63) is 101 Å². The molecule has 0 spiro atoms. The summed E-state index contributed by atoms with van der Waals surface area (Å²) in [6, 6.07) is 20.1. The number of amides is 3. The van der Waals surface area contributed by atoms with E-state index >= 15 is 0 Å². The molecule has 2 N–H and O–H groups in total. The SMILES string of the molecule is O=C(c1ccc(Nc2ncc(C#Cc3cccc(NC(=O)N4OCC[C@H]4c4ccccc4)c3)cn2)c2c1OCCO2)N1CCOCC1. The fourth-order valence-electron chi connectivity index (χ4n) is 5.56. The number of anilines is 3. The first-order chi connectivity index (χ1) is 23.1. The van der Waals surface area contributed by atoms with Crippen LogP contribution in [-0.2, 0) is 9.57 Å². The van der Waals surface area contributed by atoms with Crippen molar-refractivity contribution in [3.63, 3.8) is 0 Å². The van der Waals surface area contributed by atoms with Gasteiger partial charge >= 0.3 is 6.03 Å². The molecule has 0 unspecified atom stereocenters. The van der Waals surface area contributed by atoms with Gasteiger partial charge in [-0.25, -0.2) is 14.8 Å². The highest BCUT2D eigenvalue weighted by Gasteiger charge is 2.32. The number of urea groups is 1. The lowest BCUT2D eigenvalue weighted by atomic mass is 10.1. The van der Waals surface area contributed by atoms with Gasteiger partial charge in [-0.2, -0.15) is 5.06 Å². The molecule has 7 rings (SSSR count). The first-order valence-corrected chi connectivity index (χ1v) is 15.4. The number of aromatic nitrogens is 2. The fourth-order valence-corrected chi connectivity index (χ4v) is 5.56. The largest absolute Gasteiger partial charge is 0.485 e. The Hall–Kier alpha value is -5.64. The van der Waals surface area contributed by atoms with Gasteiger partial charge in [-0.1, -0.05) is 48.2 Å². The minimum absolute atomic E-state index is 0.119. The van der Waals surface area contributed by atoms with E-state index in [4.69, 9.17) is 19.0 Å². The average Bonchev–Trinajstić information content (AvgIpc) is 3.63. The minimum Gasteiger partial charge on any atom is -0.485 e. The van der Waals surface area contributed by atoms with Crippen LogP contribution in [0.3, 0.4) is 0 Å². The Morgan fingerprint density at radius 2 is 1.57 bits per heavy atom. The van der Waals surface area contributed by atoms with Gasteiger partial charge in [0.05, 0.1) is 42.7 Å². The summed E-state index contributed by atoms with van der Waals surface area (Å²) >= 11 is 0. The minimum atomic E-state index is -0.338. The average molecular weight is 633 g/mol. The Bertz CT molecular complexity index is 1820. The van der Waals surface area contributed by atoms with Crippen LogP contribution < -0.4 is 20.1 Å². The zero-order valence-corrected chi connectivity index (χ0v) is 25.5. The van der Waals surface area contributed by atoms with Crippen LogP contribution in [0.5, 0.6) is 11.5 Å². The van der Waals surface area contributed by atoms with Crippen molar-refractivity contribution in [3.8, 4) is 23.3 Å². The van der Waals surface area contributed by atoms with Crippen molar-refractivity contribution < 1.29 is 28.6 Å². The van der Waals surface area contributed by atoms with Gasteiger partial charge in [-0.15, -0.1) is 0 Å². The molecule has 238 valence electrons. The fraction of sp³-hybridized carbons (Fsp3) is 0.257. The number of nitrogens with one attached hydrogen (secondary N) is 2. The normalized spacial score (nSPS) is 17.0. The molecule has 4 aromatic rings. The topological polar surface area (TPSA) is 127 Å². The molecule has 12 nitrogen and oxygen atoms in total. The van der Waals surface area contributed by atoms with E-state index in [1.807, 2.05) is 42.5 Å². The molecule has 4 heterocycles. The van der Waals surface area contributed by atoms with E-state index in [1.54, 1.807) is 41.6 Å². The summed E-state index contributed by atoms with van der Waals surface area (Å²) in [6.07, 6.45) is 3.96. The molecule has 12 heteroatoms. The van der Waals surface area contributed by atoms with E-state index in [9.17, 15) is 9.59 Å². The van der Waals surface area contributed by atoms with E-state index in [0.717, 1.165) is 12.0 Å². The number of rotatable bonds is 5. The molecule has 2 saturated heterocycles. The van der Waals surface area contributed by atoms with Crippen LogP contribution in [0.4, 0.5) is 22.1 Å². The van der Waals surface area contributed by atoms with Crippen molar-refractivity contribution in [1.82, 2.24) is 19.9 Å². The van der Waals surface area contributed by atoms with Crippen molar-refractivity contribution in [2.45, 2.75) is 12.5 Å². The first kappa shape index (κ1) is 30.0. The Morgan fingerprint density at radius 1 is 0.809 bits per heavy atom. The molecule has 0 aliphatic carbocycles. The Kier molecular flexibility index (Phi) is 8.81. The third-order valence-electron chi connectivity index (χ3n) is 7.87. The first-order valence-electron chi connectivity index (χ1n) is 15.4. The van der Waals surface area contributed by atoms with E-state index in [1.165, 1.54) is 5.06 Å². The van der Waals surface area contributed by atoms with Gasteiger partial charge in [0.15, 0.2) is 11.5 Å². The van der Waals surface area contributed by atoms with Crippen LogP contribution in [0.15, 0.2) is 79.1 Å². The Labute approximate surface area is 271 Å². The number of hydroxylamine groups is 2. The molecule has 2 fully saturated rings. The van der Waals surface area contributed by atoms with Gasteiger partial charge in [0, 0.05) is 43.2 Å². The lowest BCUT2D eigenvalue weighted by Crippen LogP contribution is -2.41. The molecule has 3 aliphatic rings. The van der Waals surface area contributed by atoms with Crippen molar-refractivity contribution in [1.29, 1.82) is 0 Å². The van der Waals surface area contributed by atoms with E-state index in [2.05, 4.69) is 32.4 Å². The van der Waals surface area contributed by atoms with Crippen molar-refractivity contribution in [2.75, 3.05) is 56.8 Å². The van der Waals surface area contributed by atoms with E-state index < -0.39 is 0 Å². The quantitative estimate of drug-likeness (QED) is 0.299. The number of hydrogen-bond donors (Lipinski definition) is 2. The van der Waals surface area contributed by atoms with Gasteiger partial charge in [-0.3, -0.25) is 9.63 Å². The van der Waals surface area contributed by atoms with Crippen LogP contribution in [-0.4, -0.2) is 78.0 Å². The maximum atomic E-state index is 13.2. The maximum Gasteiger partial charge on any atom is 0.346 e. The van der Waals surface area contributed by atoms with E-state index in [-0.39, 0.29) is 18.0 Å². The summed E-state index contributed by atoms with van der Waals surface area (Å²) in [6.45, 7) is 3.27. The molecule has 1 atom stereocenters. The highest BCUT2D eigenvalue weighted by Crippen LogP contribution is 2.42. The molecule has 3 aromatic carbocycles. The smallest absolute Gasteiger partial charge is 0.346 e. The lowest BCUT2D eigenvalue weighted by molar-refractivity contribution is -0.0829. The second kappa shape index (κ2) is 13.8. The van der Waals surface area contributed by atoms with Gasteiger partial charge in [-0.05, 0) is 35.9 Å². The number of nitrogens with zero attached hydrogens (tertiary/aromatic N) is 4. The molecule has 3 aliphatic heterocycles. The van der Waals surface area contributed by atoms with Crippen LogP contribution in [0.1, 0.15) is 39.5 Å². The molecule has 0 bridgehead atoms. The predicted molar refractivity (Wildman–Crippen MR) is 173 cm³/mol. The van der Waals surface area contributed by atoms with Crippen LogP contribution in [0, 0.1) is 11.8 Å². The molecule has 0 saturated carbocycles. The predicted octanol–water partition coefficient (Wildman–Crippen LogP) is 4.77. The Morgan fingerprint density at radius 3 is 2.38 bits per heavy atom. The third kappa shape index (κ3) is 6.81. The molecule has 1 aromatic heterocycles. The summed E-state index contributed by atoms with van der Waals surface area (Å²) in [7, 11) is 0. The van der Waals surface area contributed by atoms with E-state index in [0.29, 0.717) is 91.6 Å². The highest BCUT2D eigenvalue weighted by atomic mass is 16.7. The zero-order chi connectivity index (χ0) is 32.0. The summed E-state index contributed by atoms with van der Waals surface area (Å²) in [5.41, 5.74) is 3.98. The molecule has 47 heavy (non-hydrogen) atoms. The summed E-state index contributed by atoms with van der Waals surface area (Å²) in [5, 5.41) is 7.48. The third-order valence-corrected chi connectivity index (χ3v) is 7.87. The summed E-state index contributed by atoms with van der Waals surface area (Å²) < 4.78 is 17.2.